The summed E-state index contributed by atoms with van der Waals surface area (Å²) in [5.41, 5.74) is -0.720. The number of unbranched alkanes of at least 4 members (excludes halogenated alkanes) is 1. The Morgan fingerprint density at radius 1 is 1.29 bits per heavy atom. The minimum Gasteiger partial charge on any atom is -0.388 e. The third-order valence-electron chi connectivity index (χ3n) is 2.69. The molecule has 0 saturated heterocycles. The van der Waals surface area contributed by atoms with Gasteiger partial charge >= 0.3 is 0 Å². The highest BCUT2D eigenvalue weighted by Crippen LogP contribution is 2.12. The molecule has 0 aliphatic carbocycles. The van der Waals surface area contributed by atoms with Gasteiger partial charge in [0.2, 0.25) is 5.91 Å². The summed E-state index contributed by atoms with van der Waals surface area (Å²) in [7, 11) is 0. The Balaban J connectivity index is 3.74. The predicted octanol–water partition coefficient (Wildman–Crippen LogP) is 1.84. The van der Waals surface area contributed by atoms with E-state index in [0.29, 0.717) is 25.8 Å². The highest BCUT2D eigenvalue weighted by atomic mass is 16.3. The molecule has 0 unspecified atom stereocenters. The SMILES string of the molecule is CCCCC(=O)NCC(O)(CC)CC. The van der Waals surface area contributed by atoms with Gasteiger partial charge in [0.1, 0.15) is 0 Å². The summed E-state index contributed by atoms with van der Waals surface area (Å²) in [5, 5.41) is 12.7. The second-order valence-electron chi connectivity index (χ2n) is 3.81. The summed E-state index contributed by atoms with van der Waals surface area (Å²) in [6.07, 6.45) is 3.87. The van der Waals surface area contributed by atoms with Crippen molar-refractivity contribution in [3.63, 3.8) is 0 Å². The largest absolute Gasteiger partial charge is 0.388 e. The van der Waals surface area contributed by atoms with Crippen LogP contribution < -0.4 is 5.32 Å². The summed E-state index contributed by atoms with van der Waals surface area (Å²) in [6.45, 7) is 6.30. The molecule has 0 saturated carbocycles. The van der Waals surface area contributed by atoms with Crippen molar-refractivity contribution in [2.24, 2.45) is 0 Å². The number of amides is 1. The van der Waals surface area contributed by atoms with E-state index in [1.807, 2.05) is 13.8 Å². The maximum atomic E-state index is 11.3. The van der Waals surface area contributed by atoms with E-state index in [9.17, 15) is 9.90 Å². The Hall–Kier alpha value is -0.570. The number of hydrogen-bond acceptors (Lipinski definition) is 2. The van der Waals surface area contributed by atoms with Crippen LogP contribution in [0.5, 0.6) is 0 Å². The van der Waals surface area contributed by atoms with E-state index in [-0.39, 0.29) is 5.91 Å². The minimum atomic E-state index is -0.720. The first-order chi connectivity index (χ1) is 6.58. The van der Waals surface area contributed by atoms with Crippen molar-refractivity contribution in [3.05, 3.63) is 0 Å². The molecule has 0 rings (SSSR count). The molecular weight excluding hydrogens is 178 g/mol. The topological polar surface area (TPSA) is 49.3 Å². The lowest BCUT2D eigenvalue weighted by Gasteiger charge is -2.25. The highest BCUT2D eigenvalue weighted by molar-refractivity contribution is 5.75. The first-order valence-electron chi connectivity index (χ1n) is 5.57. The zero-order valence-electron chi connectivity index (χ0n) is 9.60. The number of carbonyl (C=O) groups is 1. The lowest BCUT2D eigenvalue weighted by atomic mass is 9.97. The average Bonchev–Trinajstić information content (AvgIpc) is 2.23. The molecule has 0 aromatic rings. The lowest BCUT2D eigenvalue weighted by molar-refractivity contribution is -0.122. The van der Waals surface area contributed by atoms with Gasteiger partial charge in [-0.3, -0.25) is 4.79 Å². The molecule has 0 aromatic heterocycles. The van der Waals surface area contributed by atoms with Crippen molar-refractivity contribution in [2.45, 2.75) is 58.5 Å². The Kier molecular flexibility index (Phi) is 6.54. The van der Waals surface area contributed by atoms with Crippen LogP contribution in [0.2, 0.25) is 0 Å². The van der Waals surface area contributed by atoms with Gasteiger partial charge in [0.15, 0.2) is 0 Å². The third-order valence-corrected chi connectivity index (χ3v) is 2.69. The average molecular weight is 201 g/mol. The maximum absolute atomic E-state index is 11.3. The quantitative estimate of drug-likeness (QED) is 0.660. The van der Waals surface area contributed by atoms with E-state index in [0.717, 1.165) is 12.8 Å². The molecular formula is C11H23NO2. The molecule has 3 nitrogen and oxygen atoms in total. The van der Waals surface area contributed by atoms with Crippen LogP contribution in [0.1, 0.15) is 52.9 Å². The van der Waals surface area contributed by atoms with Crippen LogP contribution in [0.15, 0.2) is 0 Å². The Bertz CT molecular complexity index is 165. The predicted molar refractivity (Wildman–Crippen MR) is 58.1 cm³/mol. The van der Waals surface area contributed by atoms with Crippen LogP contribution in [0.4, 0.5) is 0 Å². The lowest BCUT2D eigenvalue weighted by Crippen LogP contribution is -2.41. The summed E-state index contributed by atoms with van der Waals surface area (Å²) < 4.78 is 0. The molecule has 0 fully saturated rings. The smallest absolute Gasteiger partial charge is 0.220 e. The van der Waals surface area contributed by atoms with Crippen LogP contribution in [-0.4, -0.2) is 23.2 Å². The van der Waals surface area contributed by atoms with Crippen molar-refractivity contribution in [2.75, 3.05) is 6.54 Å². The normalized spacial score (nSPS) is 11.4. The van der Waals surface area contributed by atoms with Crippen LogP contribution in [0, 0.1) is 0 Å². The molecule has 2 N–H and O–H groups in total. The Labute approximate surface area is 86.9 Å². The van der Waals surface area contributed by atoms with Crippen LogP contribution in [-0.2, 0) is 4.79 Å². The Morgan fingerprint density at radius 2 is 1.86 bits per heavy atom. The molecule has 3 heteroatoms. The molecule has 0 bridgehead atoms. The van der Waals surface area contributed by atoms with Crippen LogP contribution in [0.25, 0.3) is 0 Å². The van der Waals surface area contributed by atoms with E-state index in [1.165, 1.54) is 0 Å². The van der Waals surface area contributed by atoms with Gasteiger partial charge in [-0.1, -0.05) is 27.2 Å². The van der Waals surface area contributed by atoms with E-state index in [1.54, 1.807) is 0 Å². The van der Waals surface area contributed by atoms with Crippen molar-refractivity contribution in [3.8, 4) is 0 Å². The second kappa shape index (κ2) is 6.82. The summed E-state index contributed by atoms with van der Waals surface area (Å²) in [5.74, 6) is 0.0483. The maximum Gasteiger partial charge on any atom is 0.220 e. The first kappa shape index (κ1) is 13.4. The van der Waals surface area contributed by atoms with E-state index < -0.39 is 5.60 Å². The van der Waals surface area contributed by atoms with Gasteiger partial charge in [0.25, 0.3) is 0 Å². The van der Waals surface area contributed by atoms with Gasteiger partial charge in [-0.15, -0.1) is 0 Å². The van der Waals surface area contributed by atoms with Crippen LogP contribution in [0.3, 0.4) is 0 Å². The molecule has 14 heavy (non-hydrogen) atoms. The standard InChI is InChI=1S/C11H23NO2/c1-4-7-8-10(13)12-9-11(14,5-2)6-3/h14H,4-9H2,1-3H3,(H,12,13). The van der Waals surface area contributed by atoms with Gasteiger partial charge in [-0.25, -0.2) is 0 Å². The van der Waals surface area contributed by atoms with E-state index >= 15 is 0 Å². The molecule has 0 heterocycles. The molecule has 84 valence electrons. The zero-order valence-corrected chi connectivity index (χ0v) is 9.60. The molecule has 0 radical (unpaired) electrons. The molecule has 0 spiro atoms. The fraction of sp³-hybridized carbons (Fsp3) is 0.909. The first-order valence-corrected chi connectivity index (χ1v) is 5.57. The van der Waals surface area contributed by atoms with Gasteiger partial charge in [0, 0.05) is 13.0 Å². The number of aliphatic hydroxyl groups is 1. The number of rotatable bonds is 7. The molecule has 0 aromatic carbocycles. The highest BCUT2D eigenvalue weighted by Gasteiger charge is 2.22. The monoisotopic (exact) mass is 201 g/mol. The van der Waals surface area contributed by atoms with Crippen LogP contribution >= 0.6 is 0 Å². The molecule has 0 aliphatic heterocycles. The van der Waals surface area contributed by atoms with E-state index in [4.69, 9.17) is 0 Å². The van der Waals surface area contributed by atoms with Gasteiger partial charge in [-0.05, 0) is 19.3 Å². The fourth-order valence-corrected chi connectivity index (χ4v) is 1.19. The van der Waals surface area contributed by atoms with Gasteiger partial charge in [-0.2, -0.15) is 0 Å². The van der Waals surface area contributed by atoms with Crippen molar-refractivity contribution in [1.82, 2.24) is 5.32 Å². The zero-order chi connectivity index (χ0) is 11.0. The number of nitrogens with one attached hydrogen (secondary N) is 1. The van der Waals surface area contributed by atoms with E-state index in [2.05, 4.69) is 12.2 Å². The third kappa shape index (κ3) is 5.22. The second-order valence-corrected chi connectivity index (χ2v) is 3.81. The number of carbonyl (C=O) groups excluding carboxylic acids is 1. The molecule has 1 amide bonds. The van der Waals surface area contributed by atoms with Crippen molar-refractivity contribution < 1.29 is 9.90 Å². The molecule has 0 atom stereocenters. The summed E-state index contributed by atoms with van der Waals surface area (Å²) in [4.78, 5) is 11.3. The van der Waals surface area contributed by atoms with Gasteiger partial charge in [0.05, 0.1) is 5.60 Å². The molecule has 0 aliphatic rings. The summed E-state index contributed by atoms with van der Waals surface area (Å²) >= 11 is 0. The minimum absolute atomic E-state index is 0.0483. The fourth-order valence-electron chi connectivity index (χ4n) is 1.19. The number of hydrogen-bond donors (Lipinski definition) is 2. The van der Waals surface area contributed by atoms with Gasteiger partial charge < -0.3 is 10.4 Å². The Morgan fingerprint density at radius 3 is 2.29 bits per heavy atom. The summed E-state index contributed by atoms with van der Waals surface area (Å²) in [6, 6.07) is 0. The van der Waals surface area contributed by atoms with Crippen molar-refractivity contribution >= 4 is 5.91 Å². The van der Waals surface area contributed by atoms with Crippen molar-refractivity contribution in [1.29, 1.82) is 0 Å².